The molecule has 2 rings (SSSR count). The summed E-state index contributed by atoms with van der Waals surface area (Å²) >= 11 is 3.06. The average molecular weight is 285 g/mol. The van der Waals surface area contributed by atoms with E-state index < -0.39 is 12.0 Å². The van der Waals surface area contributed by atoms with Crippen molar-refractivity contribution < 1.29 is 14.7 Å². The van der Waals surface area contributed by atoms with E-state index >= 15 is 0 Å². The maximum absolute atomic E-state index is 12.0. The summed E-state index contributed by atoms with van der Waals surface area (Å²) in [5.74, 6) is -0.616. The molecule has 2 atom stereocenters. The standard InChI is InChI=1S/C12H15NO3S2/c1-8-4-5-13(11(8)12(15)16)9(14)7-18-10-3-2-6-17-10/h2-3,6,8,11H,4-5,7H2,1H3,(H,15,16). The van der Waals surface area contributed by atoms with Crippen molar-refractivity contribution in [3.8, 4) is 0 Å². The number of amides is 1. The van der Waals surface area contributed by atoms with Gasteiger partial charge in [0.1, 0.15) is 6.04 Å². The Kier molecular flexibility index (Phi) is 4.29. The van der Waals surface area contributed by atoms with Crippen LogP contribution >= 0.6 is 23.1 Å². The molecule has 2 unspecified atom stereocenters. The number of carboxylic acids is 1. The number of carboxylic acid groups (broad SMARTS) is 1. The molecule has 0 saturated carbocycles. The molecule has 6 heteroatoms. The second-order valence-electron chi connectivity index (χ2n) is 4.36. The van der Waals surface area contributed by atoms with E-state index in [-0.39, 0.29) is 11.8 Å². The first kappa shape index (κ1) is 13.4. The van der Waals surface area contributed by atoms with Gasteiger partial charge in [-0.1, -0.05) is 13.0 Å². The number of thioether (sulfide) groups is 1. The number of carbonyl (C=O) groups excluding carboxylic acids is 1. The molecule has 0 spiro atoms. The van der Waals surface area contributed by atoms with Gasteiger partial charge in [-0.25, -0.2) is 4.79 Å². The molecular weight excluding hydrogens is 270 g/mol. The lowest BCUT2D eigenvalue weighted by atomic mass is 10.0. The van der Waals surface area contributed by atoms with Crippen molar-refractivity contribution in [3.63, 3.8) is 0 Å². The Morgan fingerprint density at radius 1 is 1.61 bits per heavy atom. The third-order valence-corrected chi connectivity index (χ3v) is 5.22. The summed E-state index contributed by atoms with van der Waals surface area (Å²) in [5, 5.41) is 11.1. The molecule has 4 nitrogen and oxygen atoms in total. The minimum atomic E-state index is -0.894. The monoisotopic (exact) mass is 285 g/mol. The number of hydrogen-bond acceptors (Lipinski definition) is 4. The minimum absolute atomic E-state index is 0.0400. The molecule has 0 bridgehead atoms. The van der Waals surface area contributed by atoms with Crippen LogP contribution in [0.5, 0.6) is 0 Å². The van der Waals surface area contributed by atoms with E-state index in [4.69, 9.17) is 5.11 Å². The van der Waals surface area contributed by atoms with E-state index in [2.05, 4.69) is 0 Å². The van der Waals surface area contributed by atoms with Crippen molar-refractivity contribution in [2.24, 2.45) is 5.92 Å². The van der Waals surface area contributed by atoms with E-state index in [1.54, 1.807) is 11.3 Å². The maximum Gasteiger partial charge on any atom is 0.326 e. The molecule has 1 N–H and O–H groups in total. The predicted molar refractivity (Wildman–Crippen MR) is 72.0 cm³/mol. The minimum Gasteiger partial charge on any atom is -0.480 e. The zero-order valence-corrected chi connectivity index (χ0v) is 11.7. The first-order valence-electron chi connectivity index (χ1n) is 5.78. The van der Waals surface area contributed by atoms with Crippen LogP contribution in [0.3, 0.4) is 0 Å². The van der Waals surface area contributed by atoms with Crippen LogP contribution in [-0.2, 0) is 9.59 Å². The number of likely N-dealkylation sites (tertiary alicyclic amines) is 1. The lowest BCUT2D eigenvalue weighted by Crippen LogP contribution is -2.43. The fourth-order valence-electron chi connectivity index (χ4n) is 2.16. The van der Waals surface area contributed by atoms with Crippen molar-refractivity contribution in [2.75, 3.05) is 12.3 Å². The lowest BCUT2D eigenvalue weighted by Gasteiger charge is -2.23. The van der Waals surface area contributed by atoms with Gasteiger partial charge < -0.3 is 10.0 Å². The Morgan fingerprint density at radius 2 is 2.39 bits per heavy atom. The van der Waals surface area contributed by atoms with Crippen molar-refractivity contribution in [2.45, 2.75) is 23.6 Å². The highest BCUT2D eigenvalue weighted by atomic mass is 32.2. The Balaban J connectivity index is 1.94. The van der Waals surface area contributed by atoms with Gasteiger partial charge >= 0.3 is 5.97 Å². The first-order valence-corrected chi connectivity index (χ1v) is 7.64. The van der Waals surface area contributed by atoms with Crippen molar-refractivity contribution in [1.82, 2.24) is 4.90 Å². The number of carbonyl (C=O) groups is 2. The summed E-state index contributed by atoms with van der Waals surface area (Å²) in [5.41, 5.74) is 0. The summed E-state index contributed by atoms with van der Waals surface area (Å²) in [6.07, 6.45) is 0.770. The van der Waals surface area contributed by atoms with Crippen LogP contribution in [0.2, 0.25) is 0 Å². The molecule has 1 aliphatic rings. The summed E-state index contributed by atoms with van der Waals surface area (Å²) in [6.45, 7) is 2.44. The summed E-state index contributed by atoms with van der Waals surface area (Å²) in [6, 6.07) is 3.25. The normalized spacial score (nSPS) is 23.3. The Labute approximate surface area is 114 Å². The number of hydrogen-bond donors (Lipinski definition) is 1. The summed E-state index contributed by atoms with van der Waals surface area (Å²) in [7, 11) is 0. The van der Waals surface area contributed by atoms with Crippen LogP contribution in [0, 0.1) is 5.92 Å². The molecule has 1 amide bonds. The van der Waals surface area contributed by atoms with Gasteiger partial charge in [-0.05, 0) is 23.8 Å². The maximum atomic E-state index is 12.0. The molecule has 0 aromatic carbocycles. The number of rotatable bonds is 4. The van der Waals surface area contributed by atoms with Crippen molar-refractivity contribution in [1.29, 1.82) is 0 Å². The molecule has 18 heavy (non-hydrogen) atoms. The highest BCUT2D eigenvalue weighted by Crippen LogP contribution is 2.27. The van der Waals surface area contributed by atoms with Crippen molar-refractivity contribution >= 4 is 35.0 Å². The van der Waals surface area contributed by atoms with Gasteiger partial charge in [0, 0.05) is 6.54 Å². The summed E-state index contributed by atoms with van der Waals surface area (Å²) in [4.78, 5) is 24.7. The van der Waals surface area contributed by atoms with Crippen LogP contribution in [0.25, 0.3) is 0 Å². The second-order valence-corrected chi connectivity index (χ2v) is 6.58. The van der Waals surface area contributed by atoms with Gasteiger partial charge in [0.05, 0.1) is 9.96 Å². The highest BCUT2D eigenvalue weighted by molar-refractivity contribution is 8.01. The van der Waals surface area contributed by atoms with E-state index in [1.165, 1.54) is 16.7 Å². The quantitative estimate of drug-likeness (QED) is 0.861. The molecule has 2 heterocycles. The number of aliphatic carboxylic acids is 1. The van der Waals surface area contributed by atoms with E-state index in [9.17, 15) is 9.59 Å². The van der Waals surface area contributed by atoms with Crippen LogP contribution < -0.4 is 0 Å². The molecule has 1 aliphatic heterocycles. The van der Waals surface area contributed by atoms with Gasteiger partial charge in [-0.2, -0.15) is 0 Å². The molecule has 1 aromatic heterocycles. The largest absolute Gasteiger partial charge is 0.480 e. The third-order valence-electron chi connectivity index (χ3n) is 3.11. The van der Waals surface area contributed by atoms with E-state index in [0.717, 1.165) is 10.6 Å². The highest BCUT2D eigenvalue weighted by Gasteiger charge is 2.39. The van der Waals surface area contributed by atoms with Gasteiger partial charge in [0.2, 0.25) is 5.91 Å². The fraction of sp³-hybridized carbons (Fsp3) is 0.500. The molecule has 1 fully saturated rings. The second kappa shape index (κ2) is 5.75. The molecule has 98 valence electrons. The Morgan fingerprint density at radius 3 is 3.00 bits per heavy atom. The topological polar surface area (TPSA) is 57.6 Å². The molecule has 0 radical (unpaired) electrons. The van der Waals surface area contributed by atoms with Crippen LogP contribution in [0.4, 0.5) is 0 Å². The molecule has 1 saturated heterocycles. The fourth-order valence-corrected chi connectivity index (χ4v) is 3.84. The van der Waals surface area contributed by atoms with Gasteiger partial charge in [0.25, 0.3) is 0 Å². The van der Waals surface area contributed by atoms with Crippen molar-refractivity contribution in [3.05, 3.63) is 17.5 Å². The average Bonchev–Trinajstić information content (AvgIpc) is 2.94. The number of nitrogens with zero attached hydrogens (tertiary/aromatic N) is 1. The molecule has 0 aliphatic carbocycles. The van der Waals surface area contributed by atoms with Crippen LogP contribution in [0.1, 0.15) is 13.3 Å². The van der Waals surface area contributed by atoms with Gasteiger partial charge in [-0.15, -0.1) is 23.1 Å². The first-order chi connectivity index (χ1) is 8.59. The van der Waals surface area contributed by atoms with Gasteiger partial charge in [-0.3, -0.25) is 4.79 Å². The predicted octanol–water partition coefficient (Wildman–Crippen LogP) is 2.16. The third kappa shape index (κ3) is 2.87. The smallest absolute Gasteiger partial charge is 0.326 e. The van der Waals surface area contributed by atoms with E-state index in [1.807, 2.05) is 24.4 Å². The van der Waals surface area contributed by atoms with Gasteiger partial charge in [0.15, 0.2) is 0 Å². The Hall–Kier alpha value is -1.01. The Bertz CT molecular complexity index is 433. The lowest BCUT2D eigenvalue weighted by molar-refractivity contribution is -0.148. The van der Waals surface area contributed by atoms with E-state index in [0.29, 0.717) is 12.3 Å². The van der Waals surface area contributed by atoms with Crippen LogP contribution in [0.15, 0.2) is 21.7 Å². The SMILES string of the molecule is CC1CCN(C(=O)CSc2cccs2)C1C(=O)O. The zero-order chi connectivity index (χ0) is 13.1. The number of thiophene rings is 1. The van der Waals surface area contributed by atoms with Crippen LogP contribution in [-0.4, -0.2) is 40.2 Å². The summed E-state index contributed by atoms with van der Waals surface area (Å²) < 4.78 is 1.09. The molecular formula is C12H15NO3S2. The zero-order valence-electron chi connectivity index (χ0n) is 10.0. The molecule has 1 aromatic rings.